The number of fused-ring (bicyclic) bond motifs is 2. The van der Waals surface area contributed by atoms with Crippen molar-refractivity contribution in [3.05, 3.63) is 29.3 Å². The van der Waals surface area contributed by atoms with Crippen LogP contribution in [0.1, 0.15) is 42.6 Å². The minimum absolute atomic E-state index is 0.0681. The Morgan fingerprint density at radius 3 is 2.83 bits per heavy atom. The van der Waals surface area contributed by atoms with Gasteiger partial charge in [0.15, 0.2) is 5.69 Å². The van der Waals surface area contributed by atoms with Crippen LogP contribution in [0.5, 0.6) is 0 Å². The highest BCUT2D eigenvalue weighted by Gasteiger charge is 2.40. The predicted molar refractivity (Wildman–Crippen MR) is 91.2 cm³/mol. The van der Waals surface area contributed by atoms with Crippen LogP contribution in [0.4, 0.5) is 0 Å². The van der Waals surface area contributed by atoms with Crippen molar-refractivity contribution in [2.24, 2.45) is 17.6 Å². The fourth-order valence-corrected chi connectivity index (χ4v) is 4.94. The Labute approximate surface area is 139 Å². The van der Waals surface area contributed by atoms with E-state index in [9.17, 15) is 4.79 Å². The van der Waals surface area contributed by atoms with Crippen LogP contribution < -0.4 is 11.1 Å². The number of rotatable bonds is 3. The molecule has 4 rings (SSSR count). The lowest BCUT2D eigenvalue weighted by atomic mass is 9.67. The maximum absolute atomic E-state index is 12.6. The molecule has 2 aliphatic carbocycles. The summed E-state index contributed by atoms with van der Waals surface area (Å²) in [6, 6.07) is 6.41. The minimum Gasteiger partial charge on any atom is -0.347 e. The average Bonchev–Trinajstić information content (AvgIpc) is 3.19. The lowest BCUT2D eigenvalue weighted by molar-refractivity contribution is 0.0751. The number of carbonyl (C=O) groups is 1. The van der Waals surface area contributed by atoms with E-state index in [4.69, 9.17) is 5.73 Å². The molecule has 5 nitrogen and oxygen atoms in total. The summed E-state index contributed by atoms with van der Waals surface area (Å²) < 4.78 is 0. The first kappa shape index (κ1) is 14.9. The minimum atomic E-state index is -0.0681. The monoisotopic (exact) mass is 330 g/mol. The smallest absolute Gasteiger partial charge is 0.272 e. The van der Waals surface area contributed by atoms with Gasteiger partial charge in [-0.15, -0.1) is 11.3 Å². The molecule has 0 radical (unpaired) electrons. The summed E-state index contributed by atoms with van der Waals surface area (Å²) in [7, 11) is 0. The number of H-pyrrole nitrogens is 1. The topological polar surface area (TPSA) is 83.8 Å². The summed E-state index contributed by atoms with van der Waals surface area (Å²) in [5, 5.41) is 12.4. The molecule has 122 valence electrons. The van der Waals surface area contributed by atoms with Gasteiger partial charge in [-0.05, 0) is 55.0 Å². The summed E-state index contributed by atoms with van der Waals surface area (Å²) in [6.07, 6.45) is 5.68. The van der Waals surface area contributed by atoms with E-state index in [0.29, 0.717) is 23.6 Å². The van der Waals surface area contributed by atoms with Crippen LogP contribution in [0.25, 0.3) is 10.6 Å². The second kappa shape index (κ2) is 6.09. The number of carbonyl (C=O) groups excluding carboxylic acids is 1. The highest BCUT2D eigenvalue weighted by atomic mass is 32.1. The maximum Gasteiger partial charge on any atom is 0.272 e. The second-order valence-electron chi connectivity index (χ2n) is 6.83. The number of hydrogen-bond acceptors (Lipinski definition) is 4. The zero-order valence-corrected chi connectivity index (χ0v) is 13.8. The van der Waals surface area contributed by atoms with E-state index >= 15 is 0 Å². The van der Waals surface area contributed by atoms with E-state index in [0.717, 1.165) is 23.4 Å². The van der Waals surface area contributed by atoms with Crippen molar-refractivity contribution in [1.82, 2.24) is 15.5 Å². The van der Waals surface area contributed by atoms with E-state index in [1.807, 2.05) is 23.6 Å². The molecule has 1 amide bonds. The molecule has 2 heterocycles. The highest BCUT2D eigenvalue weighted by molar-refractivity contribution is 7.13. The molecule has 0 aromatic carbocycles. The number of amides is 1. The Morgan fingerprint density at radius 2 is 2.13 bits per heavy atom. The lowest BCUT2D eigenvalue weighted by Gasteiger charge is -2.45. The Balaban J connectivity index is 1.48. The SMILES string of the molecule is NC1CC2CCCC(C1)C2NC(=O)c1cc(-c2cccs2)[nH]n1. The van der Waals surface area contributed by atoms with E-state index in [2.05, 4.69) is 15.5 Å². The predicted octanol–water partition coefficient (Wildman–Crippen LogP) is 2.77. The van der Waals surface area contributed by atoms with Gasteiger partial charge < -0.3 is 11.1 Å². The fraction of sp³-hybridized carbons (Fsp3) is 0.529. The number of nitrogens with two attached hydrogens (primary N) is 1. The Kier molecular flexibility index (Phi) is 3.95. The molecule has 0 aliphatic heterocycles. The number of nitrogens with one attached hydrogen (secondary N) is 2. The molecule has 0 saturated heterocycles. The van der Waals surface area contributed by atoms with Crippen LogP contribution in [-0.4, -0.2) is 28.2 Å². The third-order valence-corrected chi connectivity index (χ3v) is 6.17. The zero-order chi connectivity index (χ0) is 15.8. The van der Waals surface area contributed by atoms with Crippen LogP contribution in [0, 0.1) is 11.8 Å². The summed E-state index contributed by atoms with van der Waals surface area (Å²) in [4.78, 5) is 13.7. The van der Waals surface area contributed by atoms with Crippen molar-refractivity contribution < 1.29 is 4.79 Å². The van der Waals surface area contributed by atoms with Crippen molar-refractivity contribution in [2.75, 3.05) is 0 Å². The molecule has 6 heteroatoms. The second-order valence-corrected chi connectivity index (χ2v) is 7.77. The summed E-state index contributed by atoms with van der Waals surface area (Å²) >= 11 is 1.63. The van der Waals surface area contributed by atoms with Crippen LogP contribution in [0.15, 0.2) is 23.6 Å². The molecule has 2 aromatic heterocycles. The highest BCUT2D eigenvalue weighted by Crippen LogP contribution is 2.39. The van der Waals surface area contributed by atoms with E-state index < -0.39 is 0 Å². The van der Waals surface area contributed by atoms with Gasteiger partial charge in [0, 0.05) is 12.1 Å². The molecule has 2 bridgehead atoms. The Morgan fingerprint density at radius 1 is 1.35 bits per heavy atom. The van der Waals surface area contributed by atoms with Gasteiger partial charge in [0.25, 0.3) is 5.91 Å². The molecule has 2 aromatic rings. The summed E-state index contributed by atoms with van der Waals surface area (Å²) in [6.45, 7) is 0. The van der Waals surface area contributed by atoms with Gasteiger partial charge >= 0.3 is 0 Å². The largest absolute Gasteiger partial charge is 0.347 e. The van der Waals surface area contributed by atoms with E-state index in [-0.39, 0.29) is 11.9 Å². The van der Waals surface area contributed by atoms with E-state index in [1.54, 1.807) is 11.3 Å². The molecule has 0 spiro atoms. The molecule has 2 fully saturated rings. The first-order chi connectivity index (χ1) is 11.2. The van der Waals surface area contributed by atoms with Crippen LogP contribution in [0.2, 0.25) is 0 Å². The number of aromatic nitrogens is 2. The molecule has 4 N–H and O–H groups in total. The van der Waals surface area contributed by atoms with Gasteiger partial charge in [-0.25, -0.2) is 0 Å². The average molecular weight is 330 g/mol. The number of hydrogen-bond donors (Lipinski definition) is 3. The summed E-state index contributed by atoms with van der Waals surface area (Å²) in [5.41, 5.74) is 7.53. The van der Waals surface area contributed by atoms with Gasteiger partial charge in [0.1, 0.15) is 0 Å². The Bertz CT molecular complexity index is 667. The van der Waals surface area contributed by atoms with Crippen molar-refractivity contribution >= 4 is 17.2 Å². The molecule has 23 heavy (non-hydrogen) atoms. The third-order valence-electron chi connectivity index (χ3n) is 5.27. The molecule has 2 atom stereocenters. The van der Waals surface area contributed by atoms with Crippen molar-refractivity contribution in [2.45, 2.75) is 44.2 Å². The summed E-state index contributed by atoms with van der Waals surface area (Å²) in [5.74, 6) is 0.982. The first-order valence-corrected chi connectivity index (χ1v) is 9.24. The number of thiophene rings is 1. The quantitative estimate of drug-likeness (QED) is 0.809. The van der Waals surface area contributed by atoms with Crippen LogP contribution in [0.3, 0.4) is 0 Å². The fourth-order valence-electron chi connectivity index (χ4n) is 4.25. The van der Waals surface area contributed by atoms with Crippen molar-refractivity contribution in [3.8, 4) is 10.6 Å². The van der Waals surface area contributed by atoms with Gasteiger partial charge in [-0.1, -0.05) is 12.5 Å². The maximum atomic E-state index is 12.6. The molecule has 2 aliphatic rings. The van der Waals surface area contributed by atoms with Gasteiger partial charge in [0.05, 0.1) is 10.6 Å². The van der Waals surface area contributed by atoms with Gasteiger partial charge in [-0.3, -0.25) is 9.89 Å². The van der Waals surface area contributed by atoms with Crippen LogP contribution >= 0.6 is 11.3 Å². The Hall–Kier alpha value is -1.66. The zero-order valence-electron chi connectivity index (χ0n) is 13.0. The molecular formula is C17H22N4OS. The normalized spacial score (nSPS) is 30.1. The lowest BCUT2D eigenvalue weighted by Crippen LogP contribution is -2.53. The molecule has 2 saturated carbocycles. The standard InChI is InChI=1S/C17H22N4OS/c18-12-7-10-3-1-4-11(8-12)16(10)19-17(22)14-9-13(20-21-14)15-5-2-6-23-15/h2,5-6,9-12,16H,1,3-4,7-8,18H2,(H,19,22)(H,20,21). The number of nitrogens with zero attached hydrogens (tertiary/aromatic N) is 1. The van der Waals surface area contributed by atoms with Crippen LogP contribution in [-0.2, 0) is 0 Å². The molecular weight excluding hydrogens is 308 g/mol. The number of aromatic amines is 1. The first-order valence-electron chi connectivity index (χ1n) is 8.36. The van der Waals surface area contributed by atoms with E-state index in [1.165, 1.54) is 19.3 Å². The van der Waals surface area contributed by atoms with Crippen molar-refractivity contribution in [1.29, 1.82) is 0 Å². The van der Waals surface area contributed by atoms with Crippen molar-refractivity contribution in [3.63, 3.8) is 0 Å². The third kappa shape index (κ3) is 2.93. The molecule has 2 unspecified atom stereocenters. The van der Waals surface area contributed by atoms with Gasteiger partial charge in [0.2, 0.25) is 0 Å². The van der Waals surface area contributed by atoms with Gasteiger partial charge in [-0.2, -0.15) is 5.10 Å².